The van der Waals surface area contributed by atoms with E-state index in [-0.39, 0.29) is 0 Å². The molecule has 0 saturated heterocycles. The quantitative estimate of drug-likeness (QED) is 0.306. The molecule has 0 bridgehead atoms. The van der Waals surface area contributed by atoms with E-state index in [1.165, 1.54) is 11.8 Å². The van der Waals surface area contributed by atoms with Crippen LogP contribution in [0.15, 0.2) is 4.99 Å². The van der Waals surface area contributed by atoms with Crippen molar-refractivity contribution in [1.82, 2.24) is 0 Å². The monoisotopic (exact) mass is 128 g/mol. The van der Waals surface area contributed by atoms with Crippen LogP contribution in [0, 0.1) is 11.5 Å². The first kappa shape index (κ1) is 7.51. The Hall–Kier alpha value is -0.490. The molecule has 0 heterocycles. The zero-order valence-electron chi connectivity index (χ0n) is 5.01. The van der Waals surface area contributed by atoms with Gasteiger partial charge in [-0.2, -0.15) is 10.3 Å². The van der Waals surface area contributed by atoms with Crippen LogP contribution in [0.2, 0.25) is 0 Å². The number of aliphatic imine (C=N–C) groups is 1. The summed E-state index contributed by atoms with van der Waals surface area (Å²) in [5, 5.41) is 8.94. The van der Waals surface area contributed by atoms with Crippen LogP contribution in [0.5, 0.6) is 0 Å². The molecule has 0 aromatic heterocycles. The third-order valence-corrected chi connectivity index (χ3v) is 1.56. The molecule has 44 valence electrons. The van der Waals surface area contributed by atoms with Gasteiger partial charge >= 0.3 is 0 Å². The maximum absolute atomic E-state index is 8.05. The second kappa shape index (κ2) is 4.66. The fraction of sp³-hybridized carbons (Fsp3) is 0.600. The van der Waals surface area contributed by atoms with E-state index in [9.17, 15) is 0 Å². The van der Waals surface area contributed by atoms with E-state index in [4.69, 9.17) is 5.26 Å². The number of nitrogens with zero attached hydrogens (tertiary/aromatic N) is 2. The molecule has 0 radical (unpaired) electrons. The lowest BCUT2D eigenvalue weighted by atomic mass is 10.5. The Morgan fingerprint density at radius 3 is 2.62 bits per heavy atom. The van der Waals surface area contributed by atoms with E-state index in [2.05, 4.69) is 4.99 Å². The average Bonchev–Trinajstić information content (AvgIpc) is 1.83. The van der Waals surface area contributed by atoms with Crippen molar-refractivity contribution in [3.8, 4) is 6.19 Å². The smallest absolute Gasteiger partial charge is 0.171 e. The van der Waals surface area contributed by atoms with Crippen molar-refractivity contribution in [1.29, 1.82) is 5.26 Å². The molecule has 2 nitrogen and oxygen atoms in total. The minimum atomic E-state index is 0.856. The van der Waals surface area contributed by atoms with E-state index in [1.807, 2.05) is 13.2 Å². The van der Waals surface area contributed by atoms with Gasteiger partial charge in [0, 0.05) is 0 Å². The molecule has 0 aromatic carbocycles. The summed E-state index contributed by atoms with van der Waals surface area (Å²) < 4.78 is 0. The number of hydrogen-bond acceptors (Lipinski definition) is 3. The van der Waals surface area contributed by atoms with Crippen LogP contribution in [0.25, 0.3) is 0 Å². The molecule has 0 aliphatic heterocycles. The summed E-state index contributed by atoms with van der Waals surface area (Å²) in [6.45, 7) is 1.98. The summed E-state index contributed by atoms with van der Waals surface area (Å²) in [5.74, 6) is 0. The predicted molar refractivity (Wildman–Crippen MR) is 36.9 cm³/mol. The molecule has 0 rings (SSSR count). The third-order valence-electron chi connectivity index (χ3n) is 0.713. The van der Waals surface area contributed by atoms with E-state index < -0.39 is 0 Å². The highest BCUT2D eigenvalue weighted by Gasteiger charge is 1.87. The molecule has 0 aromatic rings. The molecule has 0 aliphatic carbocycles. The largest absolute Gasteiger partial charge is 0.206 e. The van der Waals surface area contributed by atoms with Gasteiger partial charge in [-0.15, -0.1) is 11.8 Å². The van der Waals surface area contributed by atoms with E-state index in [0.29, 0.717) is 0 Å². The van der Waals surface area contributed by atoms with Gasteiger partial charge in [0.1, 0.15) is 0 Å². The topological polar surface area (TPSA) is 36.1 Å². The van der Waals surface area contributed by atoms with Crippen molar-refractivity contribution < 1.29 is 0 Å². The van der Waals surface area contributed by atoms with Gasteiger partial charge in [0.05, 0.1) is 5.04 Å². The van der Waals surface area contributed by atoms with Crippen LogP contribution in [-0.4, -0.2) is 11.3 Å². The van der Waals surface area contributed by atoms with Crippen molar-refractivity contribution >= 4 is 16.8 Å². The van der Waals surface area contributed by atoms with Crippen LogP contribution >= 0.6 is 11.8 Å². The molecule has 3 heteroatoms. The highest BCUT2D eigenvalue weighted by Crippen LogP contribution is 2.00. The molecule has 8 heavy (non-hydrogen) atoms. The lowest BCUT2D eigenvalue weighted by Gasteiger charge is -1.89. The van der Waals surface area contributed by atoms with Crippen LogP contribution < -0.4 is 0 Å². The second-order valence-corrected chi connectivity index (χ2v) is 2.04. The van der Waals surface area contributed by atoms with E-state index >= 15 is 0 Å². The standard InChI is InChI=1S/C5H8N2S/c1-3-5(8-2)7-4-6/h3H2,1-2H3. The molecule has 0 spiro atoms. The Bertz CT molecular complexity index is 117. The number of rotatable bonds is 1. The minimum Gasteiger partial charge on any atom is -0.171 e. The zero-order valence-corrected chi connectivity index (χ0v) is 5.83. The first-order valence-electron chi connectivity index (χ1n) is 2.34. The van der Waals surface area contributed by atoms with Gasteiger partial charge in [-0.05, 0) is 12.7 Å². The molecule has 0 atom stereocenters. The lowest BCUT2D eigenvalue weighted by molar-refractivity contribution is 1.30. The molecular formula is C5H8N2S. The summed E-state index contributed by atoms with van der Waals surface area (Å²) in [6, 6.07) is 0. The molecule has 0 saturated carbocycles. The maximum Gasteiger partial charge on any atom is 0.206 e. The highest BCUT2D eigenvalue weighted by molar-refractivity contribution is 8.13. The van der Waals surface area contributed by atoms with Crippen LogP contribution in [0.4, 0.5) is 0 Å². The molecule has 0 fully saturated rings. The summed E-state index contributed by atoms with van der Waals surface area (Å²) in [4.78, 5) is 3.55. The summed E-state index contributed by atoms with van der Waals surface area (Å²) in [6.07, 6.45) is 4.51. The van der Waals surface area contributed by atoms with Crippen molar-refractivity contribution in [3.63, 3.8) is 0 Å². The Labute approximate surface area is 53.6 Å². The van der Waals surface area contributed by atoms with Crippen molar-refractivity contribution in [3.05, 3.63) is 0 Å². The van der Waals surface area contributed by atoms with Crippen molar-refractivity contribution in [2.24, 2.45) is 4.99 Å². The van der Waals surface area contributed by atoms with Gasteiger partial charge in [0.15, 0.2) is 0 Å². The van der Waals surface area contributed by atoms with Gasteiger partial charge in [-0.25, -0.2) is 0 Å². The minimum absolute atomic E-state index is 0.856. The first-order valence-corrected chi connectivity index (χ1v) is 3.57. The Kier molecular flexibility index (Phi) is 4.38. The van der Waals surface area contributed by atoms with Crippen LogP contribution in [0.1, 0.15) is 13.3 Å². The highest BCUT2D eigenvalue weighted by atomic mass is 32.2. The average molecular weight is 128 g/mol. The Morgan fingerprint density at radius 1 is 1.88 bits per heavy atom. The number of nitriles is 1. The second-order valence-electron chi connectivity index (χ2n) is 1.16. The SMILES string of the molecule is CCC(=NC#N)SC. The lowest BCUT2D eigenvalue weighted by Crippen LogP contribution is -1.84. The van der Waals surface area contributed by atoms with Crippen molar-refractivity contribution in [2.75, 3.05) is 6.26 Å². The molecule has 0 amide bonds. The van der Waals surface area contributed by atoms with Crippen molar-refractivity contribution in [2.45, 2.75) is 13.3 Å². The van der Waals surface area contributed by atoms with Gasteiger partial charge in [-0.1, -0.05) is 6.92 Å². The number of thioether (sulfide) groups is 1. The van der Waals surface area contributed by atoms with Gasteiger partial charge in [0.25, 0.3) is 0 Å². The summed E-state index contributed by atoms with van der Waals surface area (Å²) >= 11 is 1.52. The first-order chi connectivity index (χ1) is 3.85. The van der Waals surface area contributed by atoms with Gasteiger partial charge in [-0.3, -0.25) is 0 Å². The zero-order chi connectivity index (χ0) is 6.41. The fourth-order valence-electron chi connectivity index (χ4n) is 0.325. The third kappa shape index (κ3) is 2.64. The molecule has 0 unspecified atom stereocenters. The molecular weight excluding hydrogens is 120 g/mol. The van der Waals surface area contributed by atoms with Crippen LogP contribution in [0.3, 0.4) is 0 Å². The Morgan fingerprint density at radius 2 is 2.50 bits per heavy atom. The van der Waals surface area contributed by atoms with Gasteiger partial charge < -0.3 is 0 Å². The van der Waals surface area contributed by atoms with E-state index in [0.717, 1.165) is 11.5 Å². The Balaban J connectivity index is 3.72. The number of hydrogen-bond donors (Lipinski definition) is 0. The predicted octanol–water partition coefficient (Wildman–Crippen LogP) is 1.64. The summed E-state index contributed by atoms with van der Waals surface area (Å²) in [5.41, 5.74) is 0. The maximum atomic E-state index is 8.05. The molecule has 0 N–H and O–H groups in total. The summed E-state index contributed by atoms with van der Waals surface area (Å²) in [7, 11) is 0. The fourth-order valence-corrected chi connectivity index (χ4v) is 0.746. The van der Waals surface area contributed by atoms with E-state index in [1.54, 1.807) is 6.19 Å². The normalized spacial score (nSPS) is 10.9. The van der Waals surface area contributed by atoms with Gasteiger partial charge in [0.2, 0.25) is 6.19 Å². The van der Waals surface area contributed by atoms with Crippen LogP contribution in [-0.2, 0) is 0 Å². The molecule has 0 aliphatic rings.